The van der Waals surface area contributed by atoms with Crippen molar-refractivity contribution in [3.63, 3.8) is 0 Å². The molecule has 0 spiro atoms. The van der Waals surface area contributed by atoms with Crippen LogP contribution < -0.4 is 19.5 Å². The maximum atomic E-state index is 12.4. The molecule has 0 unspecified atom stereocenters. The molecule has 0 heterocycles. The third-order valence-corrected chi connectivity index (χ3v) is 3.69. The van der Waals surface area contributed by atoms with Crippen molar-refractivity contribution in [2.24, 2.45) is 0 Å². The lowest BCUT2D eigenvalue weighted by Gasteiger charge is -2.21. The summed E-state index contributed by atoms with van der Waals surface area (Å²) in [7, 11) is 3.20. The van der Waals surface area contributed by atoms with Gasteiger partial charge in [0.1, 0.15) is 17.2 Å². The first kappa shape index (κ1) is 17.7. The third-order valence-electron chi connectivity index (χ3n) is 3.69. The molecule has 2 aromatic carbocycles. The molecule has 128 valence electrons. The van der Waals surface area contributed by atoms with Crippen LogP contribution in [0.5, 0.6) is 17.2 Å². The maximum Gasteiger partial charge on any atom is 0.261 e. The molecule has 24 heavy (non-hydrogen) atoms. The van der Waals surface area contributed by atoms with Gasteiger partial charge in [0.15, 0.2) is 6.10 Å². The van der Waals surface area contributed by atoms with Crippen molar-refractivity contribution in [1.29, 1.82) is 0 Å². The fraction of sp³-hybridized carbons (Fsp3) is 0.316. The molecule has 0 aliphatic carbocycles. The number of methoxy groups -OCH3 is 2. The molecule has 0 aliphatic heterocycles. The van der Waals surface area contributed by atoms with Gasteiger partial charge < -0.3 is 19.5 Å². The zero-order valence-corrected chi connectivity index (χ0v) is 14.4. The van der Waals surface area contributed by atoms with Crippen LogP contribution in [0, 0.1) is 0 Å². The zero-order chi connectivity index (χ0) is 17.5. The lowest BCUT2D eigenvalue weighted by Crippen LogP contribution is -2.37. The van der Waals surface area contributed by atoms with E-state index in [0.717, 1.165) is 5.56 Å². The van der Waals surface area contributed by atoms with Gasteiger partial charge in [0, 0.05) is 5.56 Å². The number of para-hydroxylation sites is 1. The van der Waals surface area contributed by atoms with Crippen LogP contribution in [0.15, 0.2) is 48.5 Å². The van der Waals surface area contributed by atoms with Gasteiger partial charge in [-0.1, -0.05) is 18.2 Å². The standard InChI is InChI=1S/C19H23NO4/c1-13(17-12-16(22-3)10-11-18(17)23-4)20-19(21)14(2)24-15-8-6-5-7-9-15/h5-14H,1-4H3,(H,20,21)/t13-,14+/m0/s1. The summed E-state index contributed by atoms with van der Waals surface area (Å²) in [5.41, 5.74) is 0.845. The molecule has 0 aliphatic rings. The van der Waals surface area contributed by atoms with Crippen molar-refractivity contribution < 1.29 is 19.0 Å². The number of hydrogen-bond donors (Lipinski definition) is 1. The maximum absolute atomic E-state index is 12.4. The first-order chi connectivity index (χ1) is 11.5. The first-order valence-electron chi connectivity index (χ1n) is 7.79. The van der Waals surface area contributed by atoms with E-state index in [0.29, 0.717) is 17.2 Å². The topological polar surface area (TPSA) is 56.8 Å². The van der Waals surface area contributed by atoms with Crippen molar-refractivity contribution in [3.8, 4) is 17.2 Å². The van der Waals surface area contributed by atoms with Gasteiger partial charge in [-0.05, 0) is 44.2 Å². The Morgan fingerprint density at radius 2 is 1.67 bits per heavy atom. The van der Waals surface area contributed by atoms with E-state index in [-0.39, 0.29) is 11.9 Å². The lowest BCUT2D eigenvalue weighted by molar-refractivity contribution is -0.127. The number of carbonyl (C=O) groups excluding carboxylic acids is 1. The highest BCUT2D eigenvalue weighted by atomic mass is 16.5. The fourth-order valence-electron chi connectivity index (χ4n) is 2.34. The number of ether oxygens (including phenoxy) is 3. The molecule has 2 rings (SSSR count). The van der Waals surface area contributed by atoms with Crippen LogP contribution in [0.1, 0.15) is 25.5 Å². The third kappa shape index (κ3) is 4.41. The Morgan fingerprint density at radius 1 is 0.958 bits per heavy atom. The van der Waals surface area contributed by atoms with Crippen LogP contribution in [0.4, 0.5) is 0 Å². The smallest absolute Gasteiger partial charge is 0.261 e. The van der Waals surface area contributed by atoms with Crippen molar-refractivity contribution in [3.05, 3.63) is 54.1 Å². The Bertz CT molecular complexity index is 672. The second kappa shape index (κ2) is 8.24. The summed E-state index contributed by atoms with van der Waals surface area (Å²) in [6.07, 6.45) is -0.605. The molecular weight excluding hydrogens is 306 g/mol. The van der Waals surface area contributed by atoms with Gasteiger partial charge in [-0.15, -0.1) is 0 Å². The fourth-order valence-corrected chi connectivity index (χ4v) is 2.34. The zero-order valence-electron chi connectivity index (χ0n) is 14.4. The van der Waals surface area contributed by atoms with Crippen molar-refractivity contribution in [1.82, 2.24) is 5.32 Å². The number of rotatable bonds is 7. The summed E-state index contributed by atoms with van der Waals surface area (Å²) in [6.45, 7) is 3.61. The van der Waals surface area contributed by atoms with Crippen LogP contribution >= 0.6 is 0 Å². The predicted octanol–water partition coefficient (Wildman–Crippen LogP) is 3.35. The molecule has 0 aromatic heterocycles. The minimum atomic E-state index is -0.605. The summed E-state index contributed by atoms with van der Waals surface area (Å²) in [4.78, 5) is 12.4. The Kier molecular flexibility index (Phi) is 6.07. The highest BCUT2D eigenvalue weighted by Crippen LogP contribution is 2.29. The van der Waals surface area contributed by atoms with E-state index in [4.69, 9.17) is 14.2 Å². The number of carbonyl (C=O) groups is 1. The molecule has 1 N–H and O–H groups in total. The number of amides is 1. The van der Waals surface area contributed by atoms with Crippen molar-refractivity contribution in [2.75, 3.05) is 14.2 Å². The molecule has 0 saturated heterocycles. The summed E-state index contributed by atoms with van der Waals surface area (Å²) >= 11 is 0. The number of benzene rings is 2. The Labute approximate surface area is 142 Å². The van der Waals surface area contributed by atoms with E-state index in [1.807, 2.05) is 55.5 Å². The quantitative estimate of drug-likeness (QED) is 0.846. The molecule has 0 bridgehead atoms. The van der Waals surface area contributed by atoms with E-state index in [9.17, 15) is 4.79 Å². The second-order valence-electron chi connectivity index (χ2n) is 5.41. The SMILES string of the molecule is COc1ccc(OC)c([C@H](C)NC(=O)[C@@H](C)Oc2ccccc2)c1. The van der Waals surface area contributed by atoms with Crippen LogP contribution in [0.25, 0.3) is 0 Å². The Morgan fingerprint density at radius 3 is 2.29 bits per heavy atom. The molecular formula is C19H23NO4. The summed E-state index contributed by atoms with van der Waals surface area (Å²) < 4.78 is 16.3. The largest absolute Gasteiger partial charge is 0.497 e. The van der Waals surface area contributed by atoms with Crippen LogP contribution in [-0.2, 0) is 4.79 Å². The monoisotopic (exact) mass is 329 g/mol. The first-order valence-corrected chi connectivity index (χ1v) is 7.79. The average molecular weight is 329 g/mol. The van der Waals surface area contributed by atoms with Crippen LogP contribution in [0.2, 0.25) is 0 Å². The highest BCUT2D eigenvalue weighted by molar-refractivity contribution is 5.81. The molecule has 0 saturated carbocycles. The van der Waals surface area contributed by atoms with E-state index in [1.54, 1.807) is 21.1 Å². The minimum Gasteiger partial charge on any atom is -0.497 e. The van der Waals surface area contributed by atoms with Crippen LogP contribution in [-0.4, -0.2) is 26.2 Å². The molecule has 5 heteroatoms. The molecule has 0 radical (unpaired) electrons. The van der Waals surface area contributed by atoms with Gasteiger partial charge in [-0.25, -0.2) is 0 Å². The van der Waals surface area contributed by atoms with Crippen LogP contribution in [0.3, 0.4) is 0 Å². The Hall–Kier alpha value is -2.69. The lowest BCUT2D eigenvalue weighted by atomic mass is 10.1. The molecule has 1 amide bonds. The number of nitrogens with one attached hydrogen (secondary N) is 1. The van der Waals surface area contributed by atoms with Gasteiger partial charge in [-0.3, -0.25) is 4.79 Å². The van der Waals surface area contributed by atoms with E-state index in [1.165, 1.54) is 0 Å². The summed E-state index contributed by atoms with van der Waals surface area (Å²) in [5.74, 6) is 1.86. The molecule has 2 atom stereocenters. The molecule has 0 fully saturated rings. The summed E-state index contributed by atoms with van der Waals surface area (Å²) in [5, 5.41) is 2.94. The molecule has 2 aromatic rings. The second-order valence-corrected chi connectivity index (χ2v) is 5.41. The normalized spacial score (nSPS) is 12.8. The van der Waals surface area contributed by atoms with Gasteiger partial charge in [0.2, 0.25) is 0 Å². The van der Waals surface area contributed by atoms with Crippen molar-refractivity contribution >= 4 is 5.91 Å². The molecule has 5 nitrogen and oxygen atoms in total. The minimum absolute atomic E-state index is 0.198. The van der Waals surface area contributed by atoms with Crippen molar-refractivity contribution in [2.45, 2.75) is 26.0 Å². The van der Waals surface area contributed by atoms with E-state index in [2.05, 4.69) is 5.32 Å². The Balaban J connectivity index is 2.05. The van der Waals surface area contributed by atoms with Gasteiger partial charge in [0.25, 0.3) is 5.91 Å². The highest BCUT2D eigenvalue weighted by Gasteiger charge is 2.20. The summed E-state index contributed by atoms with van der Waals surface area (Å²) in [6, 6.07) is 14.5. The number of hydrogen-bond acceptors (Lipinski definition) is 4. The predicted molar refractivity (Wildman–Crippen MR) is 92.6 cm³/mol. The van der Waals surface area contributed by atoms with E-state index >= 15 is 0 Å². The van der Waals surface area contributed by atoms with E-state index < -0.39 is 6.10 Å². The van der Waals surface area contributed by atoms with Gasteiger partial charge in [0.05, 0.1) is 20.3 Å². The van der Waals surface area contributed by atoms with Gasteiger partial charge >= 0.3 is 0 Å². The van der Waals surface area contributed by atoms with Gasteiger partial charge in [-0.2, -0.15) is 0 Å². The average Bonchev–Trinajstić information content (AvgIpc) is 2.61.